The molecule has 0 heterocycles. The Bertz CT molecular complexity index is 447. The van der Waals surface area contributed by atoms with E-state index in [1.807, 2.05) is 0 Å². The second-order valence-corrected chi connectivity index (χ2v) is 9.25. The maximum Gasteiger partial charge on any atom is 0.00935 e. The maximum atomic E-state index is 4.54. The van der Waals surface area contributed by atoms with Gasteiger partial charge in [-0.2, -0.15) is 0 Å². The fourth-order valence-corrected chi connectivity index (χ4v) is 4.11. The number of hydrogen-bond acceptors (Lipinski definition) is 0. The molecular formula is C22H38. The van der Waals surface area contributed by atoms with Crippen LogP contribution in [0.4, 0.5) is 0 Å². The van der Waals surface area contributed by atoms with Crippen molar-refractivity contribution in [2.75, 3.05) is 0 Å². The molecule has 126 valence electrons. The summed E-state index contributed by atoms with van der Waals surface area (Å²) in [4.78, 5) is 0. The summed E-state index contributed by atoms with van der Waals surface area (Å²) >= 11 is 0. The number of rotatable bonds is 5. The van der Waals surface area contributed by atoms with Crippen LogP contribution in [0.2, 0.25) is 0 Å². The van der Waals surface area contributed by atoms with E-state index in [4.69, 9.17) is 0 Å². The molecule has 1 unspecified atom stereocenters. The van der Waals surface area contributed by atoms with Crippen LogP contribution in [0.25, 0.3) is 0 Å². The van der Waals surface area contributed by atoms with Crippen molar-refractivity contribution in [3.63, 3.8) is 0 Å². The third-order valence-electron chi connectivity index (χ3n) is 6.57. The summed E-state index contributed by atoms with van der Waals surface area (Å²) < 4.78 is 0. The molecule has 0 heteroatoms. The first-order chi connectivity index (χ1) is 9.91. The zero-order valence-electron chi connectivity index (χ0n) is 16.2. The van der Waals surface area contributed by atoms with E-state index in [2.05, 4.69) is 74.3 Å². The van der Waals surface area contributed by atoms with Gasteiger partial charge in [-0.15, -0.1) is 6.58 Å². The average Bonchev–Trinajstić information content (AvgIpc) is 2.43. The molecule has 1 rings (SSSR count). The lowest BCUT2D eigenvalue weighted by atomic mass is 9.54. The molecule has 0 aromatic heterocycles. The van der Waals surface area contributed by atoms with Crippen LogP contribution in [0.15, 0.2) is 37.0 Å². The van der Waals surface area contributed by atoms with Crippen molar-refractivity contribution in [3.8, 4) is 0 Å². The molecule has 0 radical (unpaired) electrons. The van der Waals surface area contributed by atoms with Crippen LogP contribution in [-0.4, -0.2) is 0 Å². The highest BCUT2D eigenvalue weighted by Crippen LogP contribution is 2.56. The van der Waals surface area contributed by atoms with Gasteiger partial charge in [-0.25, -0.2) is 0 Å². The molecule has 0 aromatic carbocycles. The van der Waals surface area contributed by atoms with Crippen LogP contribution < -0.4 is 0 Å². The molecule has 22 heavy (non-hydrogen) atoms. The summed E-state index contributed by atoms with van der Waals surface area (Å²) in [6.45, 7) is 29.3. The van der Waals surface area contributed by atoms with Gasteiger partial charge >= 0.3 is 0 Å². The Morgan fingerprint density at radius 2 is 1.82 bits per heavy atom. The fourth-order valence-electron chi connectivity index (χ4n) is 4.11. The van der Waals surface area contributed by atoms with Crippen LogP contribution in [0.1, 0.15) is 74.1 Å². The van der Waals surface area contributed by atoms with Crippen molar-refractivity contribution in [3.05, 3.63) is 37.0 Å². The average molecular weight is 303 g/mol. The molecule has 0 aromatic rings. The Kier molecular flexibility index (Phi) is 5.59. The molecule has 1 aliphatic rings. The fraction of sp³-hybridized carbons (Fsp3) is 0.727. The highest BCUT2D eigenvalue weighted by Gasteiger charge is 2.45. The Morgan fingerprint density at radius 1 is 1.27 bits per heavy atom. The monoisotopic (exact) mass is 302 g/mol. The standard InChI is InChI=1S/C22H38/c1-11-21(10)13-19(17(5)18(6)20(7,8)9)14-22(12-2,15-21)16(3)4/h12,18-19H,2-3,5,11,13-15H2,1,4,6-10H3/t18-,19?,21-,22+/m1/s1. The SMILES string of the molecule is C=C[C@]1(C(=C)C)CC(C(=C)[C@@H](C)C(C)(C)C)C[C@@](C)(CC)C1. The molecule has 0 spiro atoms. The second-order valence-electron chi connectivity index (χ2n) is 9.25. The van der Waals surface area contributed by atoms with Crippen molar-refractivity contribution < 1.29 is 0 Å². The summed E-state index contributed by atoms with van der Waals surface area (Å²) in [6.07, 6.45) is 6.96. The summed E-state index contributed by atoms with van der Waals surface area (Å²) in [6, 6.07) is 0. The Hall–Kier alpha value is -0.780. The Balaban J connectivity index is 3.18. The number of hydrogen-bond donors (Lipinski definition) is 0. The van der Waals surface area contributed by atoms with Gasteiger partial charge in [0.05, 0.1) is 0 Å². The molecule has 1 aliphatic carbocycles. The summed E-state index contributed by atoms with van der Waals surface area (Å²) in [5, 5.41) is 0. The van der Waals surface area contributed by atoms with Gasteiger partial charge in [0.25, 0.3) is 0 Å². The molecule has 0 aliphatic heterocycles. The zero-order valence-corrected chi connectivity index (χ0v) is 16.2. The summed E-state index contributed by atoms with van der Waals surface area (Å²) in [5.74, 6) is 1.10. The van der Waals surface area contributed by atoms with Crippen LogP contribution in [0.5, 0.6) is 0 Å². The van der Waals surface area contributed by atoms with Gasteiger partial charge in [-0.05, 0) is 48.9 Å². The largest absolute Gasteiger partial charge is 0.102 e. The van der Waals surface area contributed by atoms with Crippen molar-refractivity contribution >= 4 is 0 Å². The lowest BCUT2D eigenvalue weighted by Crippen LogP contribution is -2.40. The third-order valence-corrected chi connectivity index (χ3v) is 6.57. The molecule has 0 bridgehead atoms. The molecule has 1 saturated carbocycles. The van der Waals surface area contributed by atoms with Gasteiger partial charge in [0.1, 0.15) is 0 Å². The van der Waals surface area contributed by atoms with E-state index in [0.717, 1.165) is 6.42 Å². The van der Waals surface area contributed by atoms with Crippen molar-refractivity contribution in [1.82, 2.24) is 0 Å². The Morgan fingerprint density at radius 3 is 2.18 bits per heavy atom. The van der Waals surface area contributed by atoms with Crippen molar-refractivity contribution in [2.24, 2.45) is 28.1 Å². The van der Waals surface area contributed by atoms with Crippen molar-refractivity contribution in [2.45, 2.75) is 74.1 Å². The van der Waals surface area contributed by atoms with Crippen LogP contribution in [-0.2, 0) is 0 Å². The smallest absolute Gasteiger partial charge is 0.00935 e. The molecule has 4 atom stereocenters. The molecule has 0 N–H and O–H groups in total. The Labute approximate surface area is 139 Å². The van der Waals surface area contributed by atoms with E-state index < -0.39 is 0 Å². The summed E-state index contributed by atoms with van der Waals surface area (Å²) in [5.41, 5.74) is 3.41. The van der Waals surface area contributed by atoms with Gasteiger partial charge in [0.2, 0.25) is 0 Å². The van der Waals surface area contributed by atoms with Gasteiger partial charge < -0.3 is 0 Å². The lowest BCUT2D eigenvalue weighted by molar-refractivity contribution is 0.0849. The van der Waals surface area contributed by atoms with Crippen molar-refractivity contribution in [1.29, 1.82) is 0 Å². The minimum atomic E-state index is 0.0776. The predicted molar refractivity (Wildman–Crippen MR) is 101 cm³/mol. The van der Waals surface area contributed by atoms with E-state index in [0.29, 0.717) is 17.3 Å². The van der Waals surface area contributed by atoms with E-state index in [1.54, 1.807) is 0 Å². The lowest BCUT2D eigenvalue weighted by Gasteiger charge is -2.51. The molecule has 0 amide bonds. The van der Waals surface area contributed by atoms with Crippen LogP contribution >= 0.6 is 0 Å². The first-order valence-electron chi connectivity index (χ1n) is 8.89. The summed E-state index contributed by atoms with van der Waals surface area (Å²) in [7, 11) is 0. The molecule has 1 fully saturated rings. The van der Waals surface area contributed by atoms with Crippen LogP contribution in [0.3, 0.4) is 0 Å². The second kappa shape index (κ2) is 6.38. The molecule has 0 saturated heterocycles. The molecular weight excluding hydrogens is 264 g/mol. The van der Waals surface area contributed by atoms with E-state index in [-0.39, 0.29) is 10.8 Å². The minimum Gasteiger partial charge on any atom is -0.102 e. The zero-order chi connectivity index (χ0) is 17.3. The van der Waals surface area contributed by atoms with E-state index in [1.165, 1.54) is 30.4 Å². The normalized spacial score (nSPS) is 34.0. The minimum absolute atomic E-state index is 0.0776. The maximum absolute atomic E-state index is 4.54. The molecule has 0 nitrogen and oxygen atoms in total. The van der Waals surface area contributed by atoms with Crippen LogP contribution in [0, 0.1) is 28.1 Å². The third kappa shape index (κ3) is 3.76. The van der Waals surface area contributed by atoms with E-state index in [9.17, 15) is 0 Å². The predicted octanol–water partition coefficient (Wildman–Crippen LogP) is 7.19. The topological polar surface area (TPSA) is 0 Å². The first kappa shape index (κ1) is 19.3. The number of allylic oxidation sites excluding steroid dienone is 3. The first-order valence-corrected chi connectivity index (χ1v) is 8.89. The highest BCUT2D eigenvalue weighted by molar-refractivity contribution is 5.23. The van der Waals surface area contributed by atoms with E-state index >= 15 is 0 Å². The van der Waals surface area contributed by atoms with Gasteiger partial charge in [0, 0.05) is 5.41 Å². The van der Waals surface area contributed by atoms with Gasteiger partial charge in [0.15, 0.2) is 0 Å². The highest BCUT2D eigenvalue weighted by atomic mass is 14.5. The van der Waals surface area contributed by atoms with Gasteiger partial charge in [-0.1, -0.05) is 78.3 Å². The quantitative estimate of drug-likeness (QED) is 0.471. The van der Waals surface area contributed by atoms with Gasteiger partial charge in [-0.3, -0.25) is 0 Å².